The van der Waals surface area contributed by atoms with Crippen LogP contribution in [0.15, 0.2) is 97.8 Å². The van der Waals surface area contributed by atoms with Gasteiger partial charge in [-0.05, 0) is 68.7 Å². The molecule has 0 saturated carbocycles. The molecule has 13 nitrogen and oxygen atoms in total. The molecule has 1 N–H and O–H groups in total. The van der Waals surface area contributed by atoms with Gasteiger partial charge in [-0.3, -0.25) is 4.57 Å². The molecule has 1 fully saturated rings. The summed E-state index contributed by atoms with van der Waals surface area (Å²) < 4.78 is 50.1. The first-order chi connectivity index (χ1) is 28.6. The Morgan fingerprint density at radius 1 is 0.983 bits per heavy atom. The maximum absolute atomic E-state index is 9.48. The van der Waals surface area contributed by atoms with E-state index < -0.39 is 38.7 Å². The number of thiocarbonyl (C=S) groups is 1. The number of nitrogens with one attached hydrogen (secondary N) is 1. The van der Waals surface area contributed by atoms with Crippen LogP contribution in [0, 0.1) is 11.3 Å². The third kappa shape index (κ3) is 9.49. The molecule has 1 unspecified atom stereocenters. The predicted molar refractivity (Wildman–Crippen MR) is 232 cm³/mol. The largest absolute Gasteiger partial charge is 0.497 e. The van der Waals surface area contributed by atoms with Crippen molar-refractivity contribution < 1.29 is 32.7 Å². The van der Waals surface area contributed by atoms with Crippen LogP contribution in [-0.2, 0) is 28.9 Å². The van der Waals surface area contributed by atoms with Crippen LogP contribution in [0.2, 0.25) is 0 Å². The van der Waals surface area contributed by atoms with Gasteiger partial charge in [-0.1, -0.05) is 72.9 Å². The molecule has 1 saturated heterocycles. The molecule has 5 atom stereocenters. The molecule has 0 amide bonds. The minimum atomic E-state index is -1.73. The fourth-order valence-corrected chi connectivity index (χ4v) is 9.54. The normalized spacial score (nSPS) is 19.7. The predicted octanol–water partition coefficient (Wildman–Crippen LogP) is 8.03. The fraction of sp³-hybridized carbons (Fsp3) is 0.432. The van der Waals surface area contributed by atoms with Gasteiger partial charge in [0, 0.05) is 19.1 Å². The summed E-state index contributed by atoms with van der Waals surface area (Å²) in [5.74, 6) is 2.16. The van der Waals surface area contributed by atoms with Crippen molar-refractivity contribution in [2.45, 2.75) is 76.3 Å². The zero-order valence-electron chi connectivity index (χ0n) is 34.8. The maximum atomic E-state index is 9.48. The van der Waals surface area contributed by atoms with Crippen molar-refractivity contribution in [2.24, 2.45) is 0 Å². The van der Waals surface area contributed by atoms with Crippen molar-refractivity contribution in [3.8, 4) is 17.6 Å². The summed E-state index contributed by atoms with van der Waals surface area (Å²) in [4.78, 5) is 7.28. The quantitative estimate of drug-likeness (QED) is 0.0304. The fourth-order valence-electron chi connectivity index (χ4n) is 7.56. The van der Waals surface area contributed by atoms with E-state index in [1.165, 1.54) is 0 Å². The molecular formula is C44H55N6O7PS. The molecule has 59 heavy (non-hydrogen) atoms. The summed E-state index contributed by atoms with van der Waals surface area (Å²) >= 11 is 5.78. The van der Waals surface area contributed by atoms with Crippen LogP contribution < -0.4 is 14.8 Å². The number of nitrogens with zero attached hydrogens (tertiary/aromatic N) is 5. The molecule has 6 rings (SSSR count). The van der Waals surface area contributed by atoms with E-state index in [0.29, 0.717) is 17.4 Å². The highest BCUT2D eigenvalue weighted by molar-refractivity contribution is 7.80. The molecule has 4 aromatic rings. The zero-order valence-corrected chi connectivity index (χ0v) is 36.5. The number of ether oxygens (including phenoxy) is 5. The van der Waals surface area contributed by atoms with Gasteiger partial charge in [0.15, 0.2) is 6.23 Å². The number of rotatable bonds is 20. The van der Waals surface area contributed by atoms with Gasteiger partial charge in [-0.2, -0.15) is 5.26 Å². The van der Waals surface area contributed by atoms with Crippen molar-refractivity contribution in [2.75, 3.05) is 53.1 Å². The van der Waals surface area contributed by atoms with Crippen molar-refractivity contribution >= 4 is 31.6 Å². The van der Waals surface area contributed by atoms with Gasteiger partial charge in [0.25, 0.3) is 8.53 Å². The van der Waals surface area contributed by atoms with E-state index in [2.05, 4.69) is 62.5 Å². The lowest BCUT2D eigenvalue weighted by Gasteiger charge is -2.39. The van der Waals surface area contributed by atoms with Crippen LogP contribution in [-0.4, -0.2) is 102 Å². The number of imidazole rings is 1. The summed E-state index contributed by atoms with van der Waals surface area (Å²) in [6.07, 6.45) is 0.790. The number of hydrogen-bond acceptors (Lipinski definition) is 12. The van der Waals surface area contributed by atoms with E-state index in [4.69, 9.17) is 49.9 Å². The Labute approximate surface area is 354 Å². The van der Waals surface area contributed by atoms with E-state index in [-0.39, 0.29) is 38.3 Å². The van der Waals surface area contributed by atoms with Crippen molar-refractivity contribution in [3.63, 3.8) is 0 Å². The monoisotopic (exact) mass is 842 g/mol. The summed E-state index contributed by atoms with van der Waals surface area (Å²) in [7, 11) is 3.49. The van der Waals surface area contributed by atoms with Gasteiger partial charge in [-0.25, -0.2) is 9.65 Å². The van der Waals surface area contributed by atoms with Gasteiger partial charge >= 0.3 is 0 Å². The van der Waals surface area contributed by atoms with Crippen molar-refractivity contribution in [1.82, 2.24) is 19.1 Å². The first-order valence-corrected chi connectivity index (χ1v) is 21.3. The van der Waals surface area contributed by atoms with Gasteiger partial charge in [0.1, 0.15) is 51.9 Å². The Hall–Kier alpha value is -4.42. The van der Waals surface area contributed by atoms with E-state index in [0.717, 1.165) is 34.0 Å². The third-order valence-electron chi connectivity index (χ3n) is 10.3. The first kappa shape index (κ1) is 44.1. The van der Waals surface area contributed by atoms with Gasteiger partial charge in [0.05, 0.1) is 59.5 Å². The average molecular weight is 843 g/mol. The molecule has 15 heteroatoms. The molecule has 3 aromatic carbocycles. The molecular weight excluding hydrogens is 788 g/mol. The van der Waals surface area contributed by atoms with Crippen LogP contribution >= 0.6 is 20.7 Å². The smallest absolute Gasteiger partial charge is 0.259 e. The third-order valence-corrected chi connectivity index (χ3v) is 12.9. The standard InChI is InChI=1S/C44H55N6O7PS/c1-9-25-53-40-39(57-58(55-26-13-24-45)50(30(2)3)31(4)5)37(56-42(40)49-29-46-38-41(49)47-28-48(6)43(38)59)27-54-44(32-14-11-10-12-15-32,33-16-20-35(51-7)21-17-33)34-18-22-36(52-8)23-19-34/h9-12,14-23,29-31,37,39-40,42,47H,1,13,25-28H2,2-8H3/t37-,39-,40-,42-,58?/m1/s1. The van der Waals surface area contributed by atoms with Crippen molar-refractivity contribution in [1.29, 1.82) is 5.26 Å². The van der Waals surface area contributed by atoms with Gasteiger partial charge in [0.2, 0.25) is 0 Å². The van der Waals surface area contributed by atoms with E-state index in [1.54, 1.807) is 26.6 Å². The number of nitriles is 1. The van der Waals surface area contributed by atoms with Crippen LogP contribution in [0.4, 0.5) is 5.82 Å². The van der Waals surface area contributed by atoms with Gasteiger partial charge < -0.3 is 42.9 Å². The molecule has 0 bridgehead atoms. The summed E-state index contributed by atoms with van der Waals surface area (Å²) in [5, 5.41) is 12.9. The maximum Gasteiger partial charge on any atom is 0.259 e. The highest BCUT2D eigenvalue weighted by Crippen LogP contribution is 2.52. The Morgan fingerprint density at radius 3 is 2.15 bits per heavy atom. The number of methoxy groups -OCH3 is 2. The molecule has 0 aliphatic carbocycles. The average Bonchev–Trinajstić information content (AvgIpc) is 3.83. The number of hydrogen-bond donors (Lipinski definition) is 1. The second-order valence-electron chi connectivity index (χ2n) is 14.8. The number of benzene rings is 3. The minimum absolute atomic E-state index is 0.0538. The lowest BCUT2D eigenvalue weighted by atomic mass is 9.80. The van der Waals surface area contributed by atoms with Crippen LogP contribution in [0.5, 0.6) is 11.5 Å². The molecule has 1 aromatic heterocycles. The number of aromatic nitrogens is 2. The molecule has 0 radical (unpaired) electrons. The second kappa shape index (κ2) is 20.2. The zero-order chi connectivity index (χ0) is 42.1. The summed E-state index contributed by atoms with van der Waals surface area (Å²) in [5.41, 5.74) is 2.16. The number of fused-ring (bicyclic) bond motifs is 1. The Bertz CT molecular complexity index is 1970. The molecule has 2 aliphatic heterocycles. The summed E-state index contributed by atoms with van der Waals surface area (Å²) in [6.45, 7) is 13.3. The highest BCUT2D eigenvalue weighted by atomic mass is 32.1. The molecule has 2 aliphatic rings. The Kier molecular flexibility index (Phi) is 15.1. The Morgan fingerprint density at radius 2 is 1.59 bits per heavy atom. The topological polar surface area (TPSA) is 125 Å². The van der Waals surface area contributed by atoms with E-state index in [1.807, 2.05) is 83.2 Å². The van der Waals surface area contributed by atoms with Crippen molar-refractivity contribution in [3.05, 3.63) is 120 Å². The lowest BCUT2D eigenvalue weighted by Crippen LogP contribution is -2.43. The lowest BCUT2D eigenvalue weighted by molar-refractivity contribution is -0.0950. The van der Waals surface area contributed by atoms with E-state index >= 15 is 0 Å². The number of anilines is 1. The SMILES string of the molecule is C=CCO[C@@H]1[C@H](OP(OCCC#N)N(C(C)C)C(C)C)[C@@H](COC(c2ccccc2)(c2ccc(OC)cc2)c2ccc(OC)cc2)O[C@H]1n1cnc2c1NCN(C)C2=S. The summed E-state index contributed by atoms with van der Waals surface area (Å²) in [6, 6.07) is 28.2. The van der Waals surface area contributed by atoms with Crippen LogP contribution in [0.25, 0.3) is 0 Å². The molecule has 3 heterocycles. The minimum Gasteiger partial charge on any atom is -0.497 e. The van der Waals surface area contributed by atoms with E-state index in [9.17, 15) is 5.26 Å². The highest BCUT2D eigenvalue weighted by Gasteiger charge is 2.52. The second-order valence-corrected chi connectivity index (χ2v) is 16.6. The molecule has 0 spiro atoms. The Balaban J connectivity index is 1.49. The van der Waals surface area contributed by atoms with Crippen LogP contribution in [0.1, 0.15) is 62.7 Å². The molecule has 314 valence electrons. The van der Waals surface area contributed by atoms with Crippen LogP contribution in [0.3, 0.4) is 0 Å². The van der Waals surface area contributed by atoms with Gasteiger partial charge in [-0.15, -0.1) is 6.58 Å². The first-order valence-electron chi connectivity index (χ1n) is 19.8.